The molecule has 0 aromatic carbocycles. The van der Waals surface area contributed by atoms with Gasteiger partial charge in [0.25, 0.3) is 0 Å². The molecule has 0 aromatic rings. The van der Waals surface area contributed by atoms with E-state index >= 15 is 0 Å². The van der Waals surface area contributed by atoms with Crippen LogP contribution in [0.25, 0.3) is 0 Å². The fraction of sp³-hybridized carbons (Fsp3) is 1.00. The third-order valence-corrected chi connectivity index (χ3v) is 8.07. The Kier molecular flexibility index (Phi) is 5.95. The summed E-state index contributed by atoms with van der Waals surface area (Å²) in [5.74, 6) is 0.914. The second-order valence-corrected chi connectivity index (χ2v) is 10.0. The van der Waals surface area contributed by atoms with Crippen molar-refractivity contribution in [3.63, 3.8) is 0 Å². The Hall–Kier alpha value is -0.160. The fourth-order valence-corrected chi connectivity index (χ4v) is 6.67. The Labute approximate surface area is 161 Å². The Morgan fingerprint density at radius 1 is 0.962 bits per heavy atom. The summed E-state index contributed by atoms with van der Waals surface area (Å²) in [6, 6.07) is 0.751. The molecule has 4 heteroatoms. The van der Waals surface area contributed by atoms with Crippen LogP contribution in [-0.4, -0.2) is 72.7 Å². The second-order valence-electron chi connectivity index (χ2n) is 10.0. The third kappa shape index (κ3) is 4.14. The van der Waals surface area contributed by atoms with Crippen LogP contribution in [0.4, 0.5) is 0 Å². The van der Waals surface area contributed by atoms with Crippen LogP contribution >= 0.6 is 0 Å². The van der Waals surface area contributed by atoms with Crippen molar-refractivity contribution in [3.8, 4) is 0 Å². The van der Waals surface area contributed by atoms with Gasteiger partial charge in [0.2, 0.25) is 0 Å². The van der Waals surface area contributed by atoms with Crippen molar-refractivity contribution in [2.75, 3.05) is 45.8 Å². The maximum atomic E-state index is 3.96. The van der Waals surface area contributed by atoms with Gasteiger partial charge in [-0.2, -0.15) is 0 Å². The molecule has 4 aliphatic heterocycles. The van der Waals surface area contributed by atoms with E-state index in [4.69, 9.17) is 0 Å². The molecule has 4 nitrogen and oxygen atoms in total. The molecule has 0 radical (unpaired) electrons. The molecule has 4 atom stereocenters. The second kappa shape index (κ2) is 8.06. The average Bonchev–Trinajstić information content (AvgIpc) is 3.09. The third-order valence-electron chi connectivity index (χ3n) is 8.07. The maximum absolute atomic E-state index is 3.96. The number of likely N-dealkylation sites (tertiary alicyclic amines) is 2. The summed E-state index contributed by atoms with van der Waals surface area (Å²) in [5.41, 5.74) is 0.889. The van der Waals surface area contributed by atoms with Crippen LogP contribution in [0.2, 0.25) is 0 Å². The van der Waals surface area contributed by atoms with E-state index < -0.39 is 0 Å². The van der Waals surface area contributed by atoms with Gasteiger partial charge in [-0.1, -0.05) is 6.92 Å². The molecule has 150 valence electrons. The lowest BCUT2D eigenvalue weighted by Crippen LogP contribution is -2.60. The minimum absolute atomic E-state index is 0.424. The Morgan fingerprint density at radius 2 is 1.73 bits per heavy atom. The first-order valence-corrected chi connectivity index (χ1v) is 11.6. The molecule has 0 aliphatic carbocycles. The quantitative estimate of drug-likeness (QED) is 0.805. The van der Waals surface area contributed by atoms with Crippen LogP contribution in [0.15, 0.2) is 0 Å². The van der Waals surface area contributed by atoms with Crippen LogP contribution in [0.3, 0.4) is 0 Å². The van der Waals surface area contributed by atoms with Crippen molar-refractivity contribution >= 4 is 0 Å². The average molecular weight is 363 g/mol. The minimum atomic E-state index is 0.424. The van der Waals surface area contributed by atoms with Crippen molar-refractivity contribution in [1.82, 2.24) is 20.4 Å². The molecule has 2 N–H and O–H groups in total. The van der Waals surface area contributed by atoms with Crippen molar-refractivity contribution in [2.45, 2.75) is 88.8 Å². The van der Waals surface area contributed by atoms with Gasteiger partial charge >= 0.3 is 0 Å². The molecule has 26 heavy (non-hydrogen) atoms. The van der Waals surface area contributed by atoms with Gasteiger partial charge in [0.15, 0.2) is 0 Å². The first-order valence-electron chi connectivity index (χ1n) is 11.6. The molecule has 2 spiro atoms. The van der Waals surface area contributed by atoms with E-state index in [0.717, 1.165) is 12.0 Å². The summed E-state index contributed by atoms with van der Waals surface area (Å²) < 4.78 is 0. The van der Waals surface area contributed by atoms with Crippen LogP contribution < -0.4 is 10.6 Å². The number of nitrogens with zero attached hydrogens (tertiary/aromatic N) is 2. The number of rotatable bonds is 4. The van der Waals surface area contributed by atoms with Gasteiger partial charge in [0, 0.05) is 30.2 Å². The van der Waals surface area contributed by atoms with Gasteiger partial charge in [0.05, 0.1) is 0 Å². The Bertz CT molecular complexity index is 457. The fourth-order valence-electron chi connectivity index (χ4n) is 6.67. The summed E-state index contributed by atoms with van der Waals surface area (Å²) in [5, 5.41) is 7.82. The van der Waals surface area contributed by atoms with Crippen molar-refractivity contribution in [2.24, 2.45) is 5.92 Å². The van der Waals surface area contributed by atoms with Gasteiger partial charge in [-0.15, -0.1) is 0 Å². The molecular weight excluding hydrogens is 320 g/mol. The molecule has 0 saturated carbocycles. The highest BCUT2D eigenvalue weighted by Gasteiger charge is 2.41. The van der Waals surface area contributed by atoms with E-state index in [2.05, 4.69) is 34.3 Å². The highest BCUT2D eigenvalue weighted by Crippen LogP contribution is 2.36. The van der Waals surface area contributed by atoms with Gasteiger partial charge in [-0.3, -0.25) is 4.90 Å². The first-order chi connectivity index (χ1) is 12.6. The predicted molar refractivity (Wildman–Crippen MR) is 110 cm³/mol. The molecule has 4 fully saturated rings. The minimum Gasteiger partial charge on any atom is -0.310 e. The van der Waals surface area contributed by atoms with Crippen molar-refractivity contribution < 1.29 is 0 Å². The molecule has 4 saturated heterocycles. The predicted octanol–water partition coefficient (Wildman–Crippen LogP) is 2.84. The number of piperidine rings is 3. The summed E-state index contributed by atoms with van der Waals surface area (Å²) in [7, 11) is 0. The van der Waals surface area contributed by atoms with Crippen LogP contribution in [0.5, 0.6) is 0 Å². The zero-order chi connectivity index (χ0) is 18.0. The van der Waals surface area contributed by atoms with Gasteiger partial charge in [-0.25, -0.2) is 0 Å². The monoisotopic (exact) mass is 362 g/mol. The number of hydrogen-bond acceptors (Lipinski definition) is 4. The molecule has 0 amide bonds. The molecule has 4 heterocycles. The maximum Gasteiger partial charge on any atom is 0.0311 e. The number of nitrogens with one attached hydrogen (secondary N) is 2. The van der Waals surface area contributed by atoms with E-state index in [1.807, 2.05) is 0 Å². The van der Waals surface area contributed by atoms with Crippen molar-refractivity contribution in [3.05, 3.63) is 0 Å². The van der Waals surface area contributed by atoms with Crippen LogP contribution in [0, 0.1) is 5.92 Å². The molecule has 4 unspecified atom stereocenters. The Morgan fingerprint density at radius 3 is 2.54 bits per heavy atom. The lowest BCUT2D eigenvalue weighted by atomic mass is 9.74. The summed E-state index contributed by atoms with van der Waals surface area (Å²) in [4.78, 5) is 5.50. The van der Waals surface area contributed by atoms with E-state index in [0.29, 0.717) is 11.1 Å². The smallest absolute Gasteiger partial charge is 0.0311 e. The molecular formula is C22H42N4. The lowest BCUT2D eigenvalue weighted by Gasteiger charge is -2.49. The Balaban J connectivity index is 1.33. The van der Waals surface area contributed by atoms with E-state index in [1.54, 1.807) is 0 Å². The normalized spacial score (nSPS) is 41.1. The topological polar surface area (TPSA) is 30.5 Å². The number of hydrogen-bond donors (Lipinski definition) is 2. The van der Waals surface area contributed by atoms with Crippen LogP contribution in [-0.2, 0) is 0 Å². The summed E-state index contributed by atoms with van der Waals surface area (Å²) in [6.45, 7) is 13.8. The molecule has 4 rings (SSSR count). The van der Waals surface area contributed by atoms with Crippen molar-refractivity contribution in [1.29, 1.82) is 0 Å². The largest absolute Gasteiger partial charge is 0.310 e. The first kappa shape index (κ1) is 19.2. The van der Waals surface area contributed by atoms with E-state index in [9.17, 15) is 0 Å². The zero-order valence-corrected chi connectivity index (χ0v) is 17.4. The van der Waals surface area contributed by atoms with E-state index in [1.165, 1.54) is 104 Å². The SMILES string of the molecule is CCN1CCCC2(CC(CC(C)N3CCCC4(CCCN4)C3)CCN2)C1. The van der Waals surface area contributed by atoms with E-state index in [-0.39, 0.29) is 0 Å². The highest BCUT2D eigenvalue weighted by atomic mass is 15.2. The highest BCUT2D eigenvalue weighted by molar-refractivity contribution is 5.01. The lowest BCUT2D eigenvalue weighted by molar-refractivity contribution is 0.0546. The van der Waals surface area contributed by atoms with Gasteiger partial charge < -0.3 is 15.5 Å². The standard InChI is InChI=1S/C22H42N4/c1-3-25-13-5-10-22(17-25)16-20(7-12-24-22)15-19(2)26-14-6-9-21(18-26)8-4-11-23-21/h19-20,23-24H,3-18H2,1-2H3. The van der Waals surface area contributed by atoms with Crippen LogP contribution in [0.1, 0.15) is 71.6 Å². The molecule has 0 bridgehead atoms. The number of likely N-dealkylation sites (N-methyl/N-ethyl adjacent to an activating group) is 1. The molecule has 4 aliphatic rings. The summed E-state index contributed by atoms with van der Waals surface area (Å²) in [6.07, 6.45) is 12.5. The van der Waals surface area contributed by atoms with Gasteiger partial charge in [-0.05, 0) is 103 Å². The zero-order valence-electron chi connectivity index (χ0n) is 17.4. The molecule has 0 aromatic heterocycles. The van der Waals surface area contributed by atoms with Gasteiger partial charge in [0.1, 0.15) is 0 Å². The summed E-state index contributed by atoms with van der Waals surface area (Å²) >= 11 is 0.